The molecule has 0 aliphatic rings. The lowest BCUT2D eigenvalue weighted by Crippen LogP contribution is -2.26. The second-order valence-corrected chi connectivity index (χ2v) is 14.8. The number of hydrogen-bond acceptors (Lipinski definition) is 6. The van der Waals surface area contributed by atoms with Crippen LogP contribution in [0, 0.1) is 13.8 Å². The molecule has 0 radical (unpaired) electrons. The highest BCUT2D eigenvalue weighted by atomic mass is 35.5. The number of benzene rings is 4. The summed E-state index contributed by atoms with van der Waals surface area (Å²) in [6, 6.07) is 20.3. The number of nitrogens with one attached hydrogen (secondary N) is 2. The molecule has 298 valence electrons. The highest BCUT2D eigenvalue weighted by Crippen LogP contribution is 2.37. The molecular formula is C43H42Cl4N4O6. The number of ether oxygens (including phenoxy) is 2. The van der Waals surface area contributed by atoms with E-state index in [9.17, 15) is 19.2 Å². The summed E-state index contributed by atoms with van der Waals surface area (Å²) in [4.78, 5) is 51.1. The number of carbonyl (C=O) groups excluding carboxylic acids is 4. The van der Waals surface area contributed by atoms with Gasteiger partial charge in [0.15, 0.2) is 0 Å². The molecule has 0 saturated carbocycles. The average molecular weight is 853 g/mol. The van der Waals surface area contributed by atoms with E-state index in [1.54, 1.807) is 81.9 Å². The maximum Gasteiger partial charge on any atom is 0.262 e. The van der Waals surface area contributed by atoms with Crippen LogP contribution in [-0.4, -0.2) is 60.1 Å². The van der Waals surface area contributed by atoms with Gasteiger partial charge in [-0.3, -0.25) is 28.3 Å². The molecular weight excluding hydrogens is 810 g/mol. The number of aromatic nitrogens is 2. The van der Waals surface area contributed by atoms with Crippen molar-refractivity contribution in [1.82, 2.24) is 19.8 Å². The molecule has 0 aliphatic carbocycles. The van der Waals surface area contributed by atoms with E-state index >= 15 is 0 Å². The zero-order chi connectivity index (χ0) is 41.6. The first-order valence-corrected chi connectivity index (χ1v) is 19.6. The Bertz CT molecular complexity index is 2470. The molecule has 10 nitrogen and oxygen atoms in total. The van der Waals surface area contributed by atoms with Crippen LogP contribution in [0.2, 0.25) is 20.1 Å². The predicted octanol–water partition coefficient (Wildman–Crippen LogP) is 9.65. The van der Waals surface area contributed by atoms with Crippen molar-refractivity contribution in [2.24, 2.45) is 0 Å². The van der Waals surface area contributed by atoms with Crippen LogP contribution in [0.15, 0.2) is 72.8 Å². The molecule has 6 rings (SSSR count). The minimum absolute atomic E-state index is 0.0955. The maximum atomic E-state index is 13.3. The number of carbonyl (C=O) groups is 4. The monoisotopic (exact) mass is 850 g/mol. The highest BCUT2D eigenvalue weighted by molar-refractivity contribution is 6.33. The van der Waals surface area contributed by atoms with Gasteiger partial charge in [-0.05, 0) is 111 Å². The summed E-state index contributed by atoms with van der Waals surface area (Å²) < 4.78 is 13.8. The minimum Gasteiger partial charge on any atom is -0.495 e. The third-order valence-corrected chi connectivity index (χ3v) is 10.5. The van der Waals surface area contributed by atoms with Gasteiger partial charge in [-0.25, -0.2) is 0 Å². The summed E-state index contributed by atoms with van der Waals surface area (Å²) in [7, 11) is 3.06. The number of likely N-dealkylation sites (N-methyl/N-ethyl adjacent to an activating group) is 1. The Hall–Kier alpha value is -5.00. The summed E-state index contributed by atoms with van der Waals surface area (Å²) in [5, 5.41) is 9.09. The normalized spacial score (nSPS) is 10.9. The zero-order valence-corrected chi connectivity index (χ0v) is 35.3. The van der Waals surface area contributed by atoms with E-state index in [-0.39, 0.29) is 36.5 Å². The Morgan fingerprint density at radius 3 is 1.33 bits per heavy atom. The molecule has 0 atom stereocenters. The summed E-state index contributed by atoms with van der Waals surface area (Å²) >= 11 is 24.5. The van der Waals surface area contributed by atoms with E-state index in [0.717, 1.165) is 28.3 Å². The van der Waals surface area contributed by atoms with Gasteiger partial charge in [0.25, 0.3) is 11.8 Å². The van der Waals surface area contributed by atoms with E-state index in [1.165, 1.54) is 14.2 Å². The molecule has 57 heavy (non-hydrogen) atoms. The summed E-state index contributed by atoms with van der Waals surface area (Å²) in [6.07, 6.45) is 1.17. The van der Waals surface area contributed by atoms with Crippen LogP contribution in [0.1, 0.15) is 63.5 Å². The van der Waals surface area contributed by atoms with Gasteiger partial charge in [0.2, 0.25) is 11.8 Å². The summed E-state index contributed by atoms with van der Waals surface area (Å²) in [5.74, 6) is 0.334. The number of amides is 2. The van der Waals surface area contributed by atoms with Crippen molar-refractivity contribution in [2.45, 2.75) is 47.0 Å². The van der Waals surface area contributed by atoms with Gasteiger partial charge in [0.05, 0.1) is 48.1 Å². The molecule has 6 aromatic rings. The minimum atomic E-state index is -0.220. The van der Waals surface area contributed by atoms with Gasteiger partial charge >= 0.3 is 0 Å². The van der Waals surface area contributed by atoms with Crippen molar-refractivity contribution in [3.05, 3.63) is 127 Å². The largest absolute Gasteiger partial charge is 0.495 e. The van der Waals surface area contributed by atoms with Crippen LogP contribution >= 0.6 is 46.4 Å². The Morgan fingerprint density at radius 2 is 0.982 bits per heavy atom. The van der Waals surface area contributed by atoms with Crippen LogP contribution < -0.4 is 20.1 Å². The fourth-order valence-corrected chi connectivity index (χ4v) is 7.32. The van der Waals surface area contributed by atoms with Gasteiger partial charge in [-0.1, -0.05) is 53.3 Å². The standard InChI is InChI=1S/C22H22Cl2N2O3.C21H20Cl2N2O3/c1-4-9-25-21(27)11-16-13(2)26(22(28)14-5-7-15(23)8-6-14)19-12-18(24)20(29-3)10-17(16)19;1-4-24-20(26)10-15-12(2)25(21(27)13-5-7-14(22)8-6-13)18-11-17(23)19(28-3)9-16(15)18/h5-8,10,12H,4,9,11H2,1-3H3,(H,25,27);5-9,11H,4,10H2,1-3H3,(H,24,26). The lowest BCUT2D eigenvalue weighted by atomic mass is 10.1. The summed E-state index contributed by atoms with van der Waals surface area (Å²) in [6.45, 7) is 8.65. The Labute approximate surface area is 350 Å². The average Bonchev–Trinajstić information content (AvgIpc) is 3.60. The van der Waals surface area contributed by atoms with Crippen molar-refractivity contribution in [3.63, 3.8) is 0 Å². The smallest absolute Gasteiger partial charge is 0.262 e. The number of halogens is 4. The number of fused-ring (bicyclic) bond motifs is 2. The van der Waals surface area contributed by atoms with Crippen LogP contribution in [-0.2, 0) is 22.4 Å². The number of rotatable bonds is 11. The van der Waals surface area contributed by atoms with Crippen molar-refractivity contribution in [1.29, 1.82) is 0 Å². The second kappa shape index (κ2) is 19.0. The van der Waals surface area contributed by atoms with Crippen molar-refractivity contribution in [3.8, 4) is 11.5 Å². The Balaban J connectivity index is 0.000000218. The first kappa shape index (κ1) is 43.1. The third-order valence-electron chi connectivity index (χ3n) is 9.43. The first-order valence-electron chi connectivity index (χ1n) is 18.1. The van der Waals surface area contributed by atoms with E-state index in [0.29, 0.717) is 78.2 Å². The molecule has 0 saturated heterocycles. The van der Waals surface area contributed by atoms with Crippen molar-refractivity contribution >= 4 is 91.8 Å². The fraction of sp³-hybridized carbons (Fsp3) is 0.256. The number of hydrogen-bond donors (Lipinski definition) is 2. The molecule has 14 heteroatoms. The predicted molar refractivity (Wildman–Crippen MR) is 228 cm³/mol. The van der Waals surface area contributed by atoms with Gasteiger partial charge in [0, 0.05) is 56.4 Å². The van der Waals surface area contributed by atoms with Gasteiger partial charge in [-0.15, -0.1) is 0 Å². The van der Waals surface area contributed by atoms with Crippen LogP contribution in [0.5, 0.6) is 11.5 Å². The van der Waals surface area contributed by atoms with Crippen LogP contribution in [0.4, 0.5) is 0 Å². The molecule has 2 heterocycles. The molecule has 0 aliphatic heterocycles. The van der Waals surface area contributed by atoms with Gasteiger partial charge in [0.1, 0.15) is 11.5 Å². The molecule has 2 N–H and O–H groups in total. The molecule has 2 amide bonds. The van der Waals surface area contributed by atoms with E-state index in [4.69, 9.17) is 55.9 Å². The van der Waals surface area contributed by atoms with Crippen molar-refractivity contribution < 1.29 is 28.7 Å². The van der Waals surface area contributed by atoms with Crippen molar-refractivity contribution in [2.75, 3.05) is 27.3 Å². The zero-order valence-electron chi connectivity index (χ0n) is 32.3. The molecule has 0 spiro atoms. The van der Waals surface area contributed by atoms with Crippen LogP contribution in [0.3, 0.4) is 0 Å². The second-order valence-electron chi connectivity index (χ2n) is 13.1. The van der Waals surface area contributed by atoms with Gasteiger partial charge in [-0.2, -0.15) is 0 Å². The topological polar surface area (TPSA) is 121 Å². The molecule has 0 unspecified atom stereocenters. The Kier molecular flexibility index (Phi) is 14.3. The van der Waals surface area contributed by atoms with Gasteiger partial charge < -0.3 is 20.1 Å². The first-order chi connectivity index (χ1) is 27.2. The van der Waals surface area contributed by atoms with E-state index in [2.05, 4.69) is 10.6 Å². The number of methoxy groups -OCH3 is 2. The van der Waals surface area contributed by atoms with E-state index in [1.807, 2.05) is 27.7 Å². The fourth-order valence-electron chi connectivity index (χ4n) is 6.59. The molecule has 4 aromatic carbocycles. The molecule has 0 bridgehead atoms. The lowest BCUT2D eigenvalue weighted by molar-refractivity contribution is -0.121. The SMILES string of the molecule is CCCNC(=O)Cc1c(C)n(C(=O)c2ccc(Cl)cc2)c2cc(Cl)c(OC)cc12.CCNC(=O)Cc1c(C)n(C(=O)c2ccc(Cl)cc2)c2cc(Cl)c(OC)cc12. The quantitative estimate of drug-likeness (QED) is 0.134. The summed E-state index contributed by atoms with van der Waals surface area (Å²) in [5.41, 5.74) is 5.14. The molecule has 0 fully saturated rings. The Morgan fingerprint density at radius 1 is 0.596 bits per heavy atom. The van der Waals surface area contributed by atoms with E-state index < -0.39 is 0 Å². The third kappa shape index (κ3) is 9.42. The molecule has 2 aromatic heterocycles. The van der Waals surface area contributed by atoms with Crippen LogP contribution in [0.25, 0.3) is 21.8 Å². The lowest BCUT2D eigenvalue weighted by Gasteiger charge is -2.09. The number of nitrogens with zero attached hydrogens (tertiary/aromatic N) is 2. The highest BCUT2D eigenvalue weighted by Gasteiger charge is 2.25. The maximum absolute atomic E-state index is 13.3.